The Labute approximate surface area is 110 Å². The Hall–Kier alpha value is -1.27. The van der Waals surface area contributed by atoms with Crippen LogP contribution in [0.25, 0.3) is 0 Å². The van der Waals surface area contributed by atoms with Gasteiger partial charge in [-0.15, -0.1) is 0 Å². The number of hydrogen-bond acceptors (Lipinski definition) is 3. The maximum Gasteiger partial charge on any atom is 0.168 e. The summed E-state index contributed by atoms with van der Waals surface area (Å²) in [6.45, 7) is 4.00. The van der Waals surface area contributed by atoms with Crippen LogP contribution in [-0.4, -0.2) is 44.7 Å². The molecule has 0 radical (unpaired) electrons. The fraction of sp³-hybridized carbons (Fsp3) is 0.538. The van der Waals surface area contributed by atoms with E-state index in [0.29, 0.717) is 12.6 Å². The van der Waals surface area contributed by atoms with E-state index in [9.17, 15) is 13.2 Å². The molecule has 1 aliphatic rings. The van der Waals surface area contributed by atoms with E-state index in [1.165, 1.54) is 7.11 Å². The van der Waals surface area contributed by atoms with E-state index in [1.54, 1.807) is 0 Å². The minimum Gasteiger partial charge on any atom is -0.493 e. The largest absolute Gasteiger partial charge is 0.493 e. The van der Waals surface area contributed by atoms with Gasteiger partial charge in [0.15, 0.2) is 23.2 Å². The summed E-state index contributed by atoms with van der Waals surface area (Å²) in [5.41, 5.74) is -0.0291. The minimum absolute atomic E-state index is 0.0291. The van der Waals surface area contributed by atoms with Gasteiger partial charge in [0.25, 0.3) is 0 Å². The molecule has 1 fully saturated rings. The lowest BCUT2D eigenvalue weighted by molar-refractivity contribution is 0.241. The van der Waals surface area contributed by atoms with Crippen molar-refractivity contribution in [2.24, 2.45) is 0 Å². The molecule has 0 amide bonds. The maximum atomic E-state index is 13.7. The van der Waals surface area contributed by atoms with Gasteiger partial charge in [0.2, 0.25) is 0 Å². The molecule has 3 nitrogen and oxygen atoms in total. The number of halogens is 3. The van der Waals surface area contributed by atoms with Gasteiger partial charge in [-0.3, -0.25) is 0 Å². The van der Waals surface area contributed by atoms with Gasteiger partial charge in [-0.05, 0) is 6.42 Å². The minimum atomic E-state index is -1.17. The fourth-order valence-electron chi connectivity index (χ4n) is 2.28. The Morgan fingerprint density at radius 1 is 1.21 bits per heavy atom. The van der Waals surface area contributed by atoms with Crippen molar-refractivity contribution >= 4 is 0 Å². The van der Waals surface area contributed by atoms with Crippen LogP contribution in [-0.2, 0) is 6.42 Å². The lowest BCUT2D eigenvalue weighted by atomic mass is 10.1. The smallest absolute Gasteiger partial charge is 0.168 e. The summed E-state index contributed by atoms with van der Waals surface area (Å²) in [6.07, 6.45) is 0.226. The summed E-state index contributed by atoms with van der Waals surface area (Å²) in [7, 11) is 1.25. The van der Waals surface area contributed by atoms with Crippen LogP contribution in [0.15, 0.2) is 6.07 Å². The molecule has 0 unspecified atom stereocenters. The highest BCUT2D eigenvalue weighted by Crippen LogP contribution is 2.28. The normalized spacial score (nSPS) is 16.6. The molecule has 1 N–H and O–H groups in total. The Morgan fingerprint density at radius 3 is 2.53 bits per heavy atom. The van der Waals surface area contributed by atoms with Gasteiger partial charge in [-0.25, -0.2) is 13.2 Å². The van der Waals surface area contributed by atoms with Crippen molar-refractivity contribution in [2.75, 3.05) is 39.8 Å². The number of nitrogens with zero attached hydrogens (tertiary/aromatic N) is 1. The summed E-state index contributed by atoms with van der Waals surface area (Å²) < 4.78 is 45.3. The number of hydrogen-bond donors (Lipinski definition) is 1. The van der Waals surface area contributed by atoms with E-state index in [2.05, 4.69) is 10.2 Å². The third kappa shape index (κ3) is 3.19. The molecule has 1 aromatic carbocycles. The third-order valence-corrected chi connectivity index (χ3v) is 3.31. The van der Waals surface area contributed by atoms with Crippen molar-refractivity contribution in [1.29, 1.82) is 0 Å². The monoisotopic (exact) mass is 274 g/mol. The van der Waals surface area contributed by atoms with Crippen LogP contribution in [0.5, 0.6) is 5.75 Å². The van der Waals surface area contributed by atoms with Crippen LogP contribution in [0.2, 0.25) is 0 Å². The molecule has 1 heterocycles. The SMILES string of the molecule is COc1c(F)cc(F)c(F)c1CCN1CCNCC1. The van der Waals surface area contributed by atoms with E-state index in [1.807, 2.05) is 0 Å². The van der Waals surface area contributed by atoms with Crippen LogP contribution in [0.3, 0.4) is 0 Å². The van der Waals surface area contributed by atoms with E-state index in [-0.39, 0.29) is 17.7 Å². The highest BCUT2D eigenvalue weighted by atomic mass is 19.2. The van der Waals surface area contributed by atoms with Crippen molar-refractivity contribution in [1.82, 2.24) is 10.2 Å². The average Bonchev–Trinajstić information content (AvgIpc) is 2.42. The lowest BCUT2D eigenvalue weighted by Gasteiger charge is -2.27. The molecule has 0 saturated carbocycles. The van der Waals surface area contributed by atoms with E-state index >= 15 is 0 Å². The molecule has 2 rings (SSSR count). The zero-order valence-corrected chi connectivity index (χ0v) is 10.8. The second-order valence-electron chi connectivity index (χ2n) is 4.51. The first kappa shape index (κ1) is 14.1. The second-order valence-corrected chi connectivity index (χ2v) is 4.51. The van der Waals surface area contributed by atoms with Gasteiger partial charge in [0, 0.05) is 44.4 Å². The predicted octanol–water partition coefficient (Wildman–Crippen LogP) is 1.56. The highest BCUT2D eigenvalue weighted by molar-refractivity contribution is 5.37. The van der Waals surface area contributed by atoms with E-state index in [4.69, 9.17) is 4.74 Å². The van der Waals surface area contributed by atoms with Crippen molar-refractivity contribution in [3.63, 3.8) is 0 Å². The molecule has 0 aliphatic carbocycles. The Morgan fingerprint density at radius 2 is 1.89 bits per heavy atom. The average molecular weight is 274 g/mol. The molecule has 1 saturated heterocycles. The topological polar surface area (TPSA) is 24.5 Å². The Kier molecular flexibility index (Phi) is 4.66. The Bertz CT molecular complexity index is 448. The fourth-order valence-corrected chi connectivity index (χ4v) is 2.28. The molecule has 19 heavy (non-hydrogen) atoms. The summed E-state index contributed by atoms with van der Waals surface area (Å²) >= 11 is 0. The summed E-state index contributed by atoms with van der Waals surface area (Å²) in [4.78, 5) is 2.12. The molecule has 6 heteroatoms. The number of ether oxygens (including phenoxy) is 1. The van der Waals surface area contributed by atoms with Gasteiger partial charge in [-0.1, -0.05) is 0 Å². The number of methoxy groups -OCH3 is 1. The Balaban J connectivity index is 2.13. The predicted molar refractivity (Wildman–Crippen MR) is 65.9 cm³/mol. The van der Waals surface area contributed by atoms with Crippen LogP contribution in [0.1, 0.15) is 5.56 Å². The van der Waals surface area contributed by atoms with Crippen LogP contribution >= 0.6 is 0 Å². The van der Waals surface area contributed by atoms with Gasteiger partial charge in [-0.2, -0.15) is 0 Å². The van der Waals surface area contributed by atoms with Gasteiger partial charge >= 0.3 is 0 Å². The first-order valence-corrected chi connectivity index (χ1v) is 6.27. The zero-order valence-electron chi connectivity index (χ0n) is 10.8. The molecular weight excluding hydrogens is 257 g/mol. The molecule has 106 valence electrons. The molecular formula is C13H17F3N2O. The summed E-state index contributed by atoms with van der Waals surface area (Å²) in [6, 6.07) is 0.516. The molecule has 0 bridgehead atoms. The zero-order chi connectivity index (χ0) is 13.8. The first-order valence-electron chi connectivity index (χ1n) is 6.27. The molecule has 0 spiro atoms. The van der Waals surface area contributed by atoms with Crippen LogP contribution in [0.4, 0.5) is 13.2 Å². The molecule has 0 aromatic heterocycles. The third-order valence-electron chi connectivity index (χ3n) is 3.31. The van der Waals surface area contributed by atoms with E-state index in [0.717, 1.165) is 26.2 Å². The number of benzene rings is 1. The van der Waals surface area contributed by atoms with Crippen molar-refractivity contribution < 1.29 is 17.9 Å². The van der Waals surface area contributed by atoms with E-state index < -0.39 is 17.5 Å². The number of nitrogens with one attached hydrogen (secondary N) is 1. The quantitative estimate of drug-likeness (QED) is 0.843. The number of rotatable bonds is 4. The first-order chi connectivity index (χ1) is 9.13. The van der Waals surface area contributed by atoms with Gasteiger partial charge in [0.05, 0.1) is 7.11 Å². The summed E-state index contributed by atoms with van der Waals surface area (Å²) in [5.74, 6) is -3.26. The number of piperazine rings is 1. The molecule has 1 aliphatic heterocycles. The van der Waals surface area contributed by atoms with Gasteiger partial charge < -0.3 is 15.0 Å². The molecule has 1 aromatic rings. The maximum absolute atomic E-state index is 13.7. The standard InChI is InChI=1S/C13H17F3N2O/c1-19-13-9(12(16)10(14)8-11(13)15)2-5-18-6-3-17-4-7-18/h8,17H,2-7H2,1H3. The second kappa shape index (κ2) is 6.25. The van der Waals surface area contributed by atoms with Crippen LogP contribution in [0, 0.1) is 17.5 Å². The van der Waals surface area contributed by atoms with Crippen molar-refractivity contribution in [3.8, 4) is 5.75 Å². The van der Waals surface area contributed by atoms with Gasteiger partial charge in [0.1, 0.15) is 0 Å². The van der Waals surface area contributed by atoms with Crippen LogP contribution < -0.4 is 10.1 Å². The summed E-state index contributed by atoms with van der Waals surface area (Å²) in [5, 5.41) is 3.20. The lowest BCUT2D eigenvalue weighted by Crippen LogP contribution is -2.44. The highest BCUT2D eigenvalue weighted by Gasteiger charge is 2.20. The van der Waals surface area contributed by atoms with Crippen molar-refractivity contribution in [2.45, 2.75) is 6.42 Å². The molecule has 0 atom stereocenters. The van der Waals surface area contributed by atoms with Crippen molar-refractivity contribution in [3.05, 3.63) is 29.1 Å².